The second-order valence-corrected chi connectivity index (χ2v) is 5.46. The van der Waals surface area contributed by atoms with Crippen LogP contribution in [-0.2, 0) is 16.5 Å². The van der Waals surface area contributed by atoms with Crippen LogP contribution < -0.4 is 0 Å². The van der Waals surface area contributed by atoms with Gasteiger partial charge >= 0.3 is 0 Å². The summed E-state index contributed by atoms with van der Waals surface area (Å²) in [5.74, 6) is 0.596. The van der Waals surface area contributed by atoms with E-state index in [1.165, 1.54) is 11.6 Å². The quantitative estimate of drug-likeness (QED) is 0.823. The lowest BCUT2D eigenvalue weighted by Crippen LogP contribution is -1.93. The summed E-state index contributed by atoms with van der Waals surface area (Å²) in [6, 6.07) is 7.59. The van der Waals surface area contributed by atoms with Crippen molar-refractivity contribution < 1.29 is 13.0 Å². The lowest BCUT2D eigenvalue weighted by Gasteiger charge is -2.04. The molecule has 0 spiro atoms. The second kappa shape index (κ2) is 5.27. The third kappa shape index (κ3) is 5.09. The van der Waals surface area contributed by atoms with Gasteiger partial charge in [0.05, 0.1) is 5.41 Å². The van der Waals surface area contributed by atoms with E-state index in [1.807, 2.05) is 24.3 Å². The van der Waals surface area contributed by atoms with Crippen LogP contribution in [0.25, 0.3) is 6.08 Å². The summed E-state index contributed by atoms with van der Waals surface area (Å²) in [5.41, 5.74) is 1.98. The number of hydrogen-bond acceptors (Lipinski definition) is 2. The molecule has 3 nitrogen and oxygen atoms in total. The standard InChI is InChI=1S/C12H16O3S/c1-10(2)9-12-5-3-11(4-6-12)7-8-16(13,14)15/h3-8,10H,9H2,1-2H3,(H,13,14,15). The third-order valence-electron chi connectivity index (χ3n) is 2.06. The highest BCUT2D eigenvalue weighted by atomic mass is 32.2. The van der Waals surface area contributed by atoms with Crippen LogP contribution in [0.15, 0.2) is 29.7 Å². The Labute approximate surface area is 96.6 Å². The normalized spacial score (nSPS) is 12.5. The molecule has 0 saturated carbocycles. The zero-order chi connectivity index (χ0) is 12.2. The van der Waals surface area contributed by atoms with Crippen molar-refractivity contribution in [3.8, 4) is 0 Å². The van der Waals surface area contributed by atoms with E-state index in [-0.39, 0.29) is 0 Å². The zero-order valence-corrected chi connectivity index (χ0v) is 10.2. The maximum Gasteiger partial charge on any atom is 0.287 e. The molecule has 0 unspecified atom stereocenters. The van der Waals surface area contributed by atoms with Gasteiger partial charge in [-0.1, -0.05) is 38.1 Å². The van der Waals surface area contributed by atoms with E-state index in [4.69, 9.17) is 4.55 Å². The first-order valence-corrected chi connectivity index (χ1v) is 6.61. The summed E-state index contributed by atoms with van der Waals surface area (Å²) in [6.07, 6.45) is 2.37. The van der Waals surface area contributed by atoms with Gasteiger partial charge in [0, 0.05) is 0 Å². The molecule has 0 saturated heterocycles. The zero-order valence-electron chi connectivity index (χ0n) is 9.42. The summed E-state index contributed by atoms with van der Waals surface area (Å²) in [4.78, 5) is 0. The van der Waals surface area contributed by atoms with Crippen molar-refractivity contribution in [2.75, 3.05) is 0 Å². The van der Waals surface area contributed by atoms with E-state index in [0.29, 0.717) is 5.92 Å². The molecule has 1 rings (SSSR count). The molecule has 0 atom stereocenters. The van der Waals surface area contributed by atoms with Crippen molar-refractivity contribution in [3.63, 3.8) is 0 Å². The second-order valence-electron chi connectivity index (χ2n) is 4.16. The van der Waals surface area contributed by atoms with E-state index >= 15 is 0 Å². The van der Waals surface area contributed by atoms with Gasteiger partial charge in [-0.3, -0.25) is 4.55 Å². The minimum atomic E-state index is -4.03. The maximum atomic E-state index is 10.5. The smallest absolute Gasteiger partial charge is 0.282 e. The predicted octanol–water partition coefficient (Wildman–Crippen LogP) is 2.74. The summed E-state index contributed by atoms with van der Waals surface area (Å²) >= 11 is 0. The molecule has 0 radical (unpaired) electrons. The van der Waals surface area contributed by atoms with E-state index in [0.717, 1.165) is 17.4 Å². The Morgan fingerprint density at radius 3 is 2.25 bits per heavy atom. The molecule has 0 fully saturated rings. The van der Waals surface area contributed by atoms with Crippen molar-refractivity contribution >= 4 is 16.2 Å². The van der Waals surface area contributed by atoms with Gasteiger partial charge in [0.2, 0.25) is 0 Å². The van der Waals surface area contributed by atoms with Crippen LogP contribution in [0.2, 0.25) is 0 Å². The Morgan fingerprint density at radius 1 is 1.25 bits per heavy atom. The van der Waals surface area contributed by atoms with E-state index < -0.39 is 10.1 Å². The van der Waals surface area contributed by atoms with Crippen molar-refractivity contribution in [1.82, 2.24) is 0 Å². The monoisotopic (exact) mass is 240 g/mol. The highest BCUT2D eigenvalue weighted by Gasteiger charge is 1.98. The molecule has 0 bridgehead atoms. The number of benzene rings is 1. The molecular formula is C12H16O3S. The fourth-order valence-electron chi connectivity index (χ4n) is 1.40. The molecule has 0 aliphatic heterocycles. The van der Waals surface area contributed by atoms with Crippen molar-refractivity contribution in [1.29, 1.82) is 0 Å². The molecule has 1 aromatic rings. The molecule has 0 heterocycles. The first kappa shape index (κ1) is 12.9. The molecule has 1 aromatic carbocycles. The molecule has 0 amide bonds. The van der Waals surface area contributed by atoms with Gasteiger partial charge in [0.1, 0.15) is 0 Å². The summed E-state index contributed by atoms with van der Waals surface area (Å²) in [5, 5.41) is 0.782. The fraction of sp³-hybridized carbons (Fsp3) is 0.333. The maximum absolute atomic E-state index is 10.5. The molecule has 4 heteroatoms. The Bertz CT molecular complexity index is 456. The average Bonchev–Trinajstić information content (AvgIpc) is 2.14. The molecular weight excluding hydrogens is 224 g/mol. The van der Waals surface area contributed by atoms with Crippen LogP contribution in [0.3, 0.4) is 0 Å². The first-order chi connectivity index (χ1) is 7.37. The van der Waals surface area contributed by atoms with Gasteiger partial charge in [0.25, 0.3) is 10.1 Å². The molecule has 0 aliphatic rings. The Kier molecular flexibility index (Phi) is 4.26. The van der Waals surface area contributed by atoms with Crippen molar-refractivity contribution in [2.24, 2.45) is 5.92 Å². The molecule has 0 aromatic heterocycles. The summed E-state index contributed by atoms with van der Waals surface area (Å²) < 4.78 is 29.5. The van der Waals surface area contributed by atoms with Crippen LogP contribution in [0, 0.1) is 5.92 Å². The number of rotatable bonds is 4. The minimum absolute atomic E-state index is 0.596. The molecule has 16 heavy (non-hydrogen) atoms. The summed E-state index contributed by atoms with van der Waals surface area (Å²) in [6.45, 7) is 4.29. The van der Waals surface area contributed by atoms with Gasteiger partial charge in [-0.05, 0) is 29.5 Å². The molecule has 88 valence electrons. The van der Waals surface area contributed by atoms with Crippen LogP contribution in [0.1, 0.15) is 25.0 Å². The van der Waals surface area contributed by atoms with Crippen LogP contribution in [-0.4, -0.2) is 13.0 Å². The van der Waals surface area contributed by atoms with Gasteiger partial charge in [0.15, 0.2) is 0 Å². The first-order valence-electron chi connectivity index (χ1n) is 5.11. The summed E-state index contributed by atoms with van der Waals surface area (Å²) in [7, 11) is -4.03. The predicted molar refractivity (Wildman–Crippen MR) is 65.6 cm³/mol. The Balaban J connectivity index is 2.76. The SMILES string of the molecule is CC(C)Cc1ccc(C=CS(=O)(=O)O)cc1. The Hall–Kier alpha value is -1.13. The van der Waals surface area contributed by atoms with Gasteiger partial charge < -0.3 is 0 Å². The third-order valence-corrected chi connectivity index (χ3v) is 2.54. The highest BCUT2D eigenvalue weighted by Crippen LogP contribution is 2.11. The van der Waals surface area contributed by atoms with Crippen LogP contribution >= 0.6 is 0 Å². The van der Waals surface area contributed by atoms with E-state index in [9.17, 15) is 8.42 Å². The largest absolute Gasteiger partial charge is 0.287 e. The van der Waals surface area contributed by atoms with E-state index in [2.05, 4.69) is 13.8 Å². The van der Waals surface area contributed by atoms with Crippen molar-refractivity contribution in [3.05, 3.63) is 40.8 Å². The van der Waals surface area contributed by atoms with Crippen LogP contribution in [0.4, 0.5) is 0 Å². The average molecular weight is 240 g/mol. The fourth-order valence-corrected chi connectivity index (χ4v) is 1.73. The lowest BCUT2D eigenvalue weighted by molar-refractivity contribution is 0.494. The topological polar surface area (TPSA) is 54.4 Å². The molecule has 1 N–H and O–H groups in total. The molecule has 0 aliphatic carbocycles. The van der Waals surface area contributed by atoms with Gasteiger partial charge in [-0.2, -0.15) is 8.42 Å². The van der Waals surface area contributed by atoms with Gasteiger partial charge in [-0.25, -0.2) is 0 Å². The highest BCUT2D eigenvalue weighted by molar-refractivity contribution is 7.88. The van der Waals surface area contributed by atoms with Crippen molar-refractivity contribution in [2.45, 2.75) is 20.3 Å². The lowest BCUT2D eigenvalue weighted by atomic mass is 10.0. The van der Waals surface area contributed by atoms with Gasteiger partial charge in [-0.15, -0.1) is 0 Å². The Morgan fingerprint density at radius 2 is 1.81 bits per heavy atom. The van der Waals surface area contributed by atoms with Crippen LogP contribution in [0.5, 0.6) is 0 Å². The minimum Gasteiger partial charge on any atom is -0.282 e. The number of hydrogen-bond donors (Lipinski definition) is 1. The van der Waals surface area contributed by atoms with E-state index in [1.54, 1.807) is 0 Å².